The van der Waals surface area contributed by atoms with E-state index in [1.807, 2.05) is 12.1 Å². The molecule has 20 heavy (non-hydrogen) atoms. The zero-order valence-corrected chi connectivity index (χ0v) is 11.4. The van der Waals surface area contributed by atoms with E-state index in [0.717, 1.165) is 5.56 Å². The minimum absolute atomic E-state index is 0.243. The molecule has 108 valence electrons. The number of rotatable bonds is 8. The average molecular weight is 298 g/mol. The van der Waals surface area contributed by atoms with Crippen molar-refractivity contribution in [2.45, 2.75) is 18.6 Å². The molecule has 0 aliphatic carbocycles. The van der Waals surface area contributed by atoms with Gasteiger partial charge in [0.1, 0.15) is 0 Å². The Balaban J connectivity index is 2.11. The van der Waals surface area contributed by atoms with Crippen LogP contribution in [-0.2, 0) is 24.9 Å². The summed E-state index contributed by atoms with van der Waals surface area (Å²) in [5.41, 5.74) is 1.00. The van der Waals surface area contributed by atoms with Crippen molar-refractivity contribution in [2.24, 2.45) is 0 Å². The summed E-state index contributed by atoms with van der Waals surface area (Å²) in [5.74, 6) is -1.67. The van der Waals surface area contributed by atoms with Crippen LogP contribution in [0.25, 0.3) is 0 Å². The van der Waals surface area contributed by atoms with Gasteiger partial charge in [0, 0.05) is 18.1 Å². The van der Waals surface area contributed by atoms with E-state index in [1.54, 1.807) is 12.4 Å². The number of hydrogen-bond donors (Lipinski definition) is 2. The number of carbonyl (C=O) groups is 3. The van der Waals surface area contributed by atoms with Crippen molar-refractivity contribution >= 4 is 29.8 Å². The number of esters is 1. The second-order valence-corrected chi connectivity index (χ2v) is 4.51. The van der Waals surface area contributed by atoms with E-state index < -0.39 is 24.5 Å². The van der Waals surface area contributed by atoms with Crippen LogP contribution in [0.15, 0.2) is 24.5 Å². The molecule has 1 aromatic heterocycles. The Bertz CT molecular complexity index is 466. The van der Waals surface area contributed by atoms with Gasteiger partial charge in [0.15, 0.2) is 6.61 Å². The molecule has 0 aliphatic heterocycles. The number of aliphatic carboxylic acids is 1. The Morgan fingerprint density at radius 3 is 2.60 bits per heavy atom. The third-order valence-electron chi connectivity index (χ3n) is 2.08. The number of nitrogens with zero attached hydrogens (tertiary/aromatic N) is 1. The highest BCUT2D eigenvalue weighted by Gasteiger charge is 2.09. The minimum atomic E-state index is -1.08. The molecule has 7 nitrogen and oxygen atoms in total. The van der Waals surface area contributed by atoms with Gasteiger partial charge in [0.25, 0.3) is 5.91 Å². The van der Waals surface area contributed by atoms with Crippen LogP contribution in [0.5, 0.6) is 0 Å². The molecule has 1 aromatic rings. The maximum absolute atomic E-state index is 11.3. The molecule has 8 heteroatoms. The van der Waals surface area contributed by atoms with E-state index >= 15 is 0 Å². The van der Waals surface area contributed by atoms with Crippen LogP contribution in [0, 0.1) is 0 Å². The maximum atomic E-state index is 11.3. The lowest BCUT2D eigenvalue weighted by atomic mass is 10.3. The van der Waals surface area contributed by atoms with Gasteiger partial charge in [-0.1, -0.05) is 0 Å². The van der Waals surface area contributed by atoms with Gasteiger partial charge >= 0.3 is 11.9 Å². The molecule has 0 saturated carbocycles. The lowest BCUT2D eigenvalue weighted by molar-refractivity contribution is -0.150. The van der Waals surface area contributed by atoms with Crippen molar-refractivity contribution in [3.63, 3.8) is 0 Å². The minimum Gasteiger partial charge on any atom is -0.481 e. The van der Waals surface area contributed by atoms with E-state index in [0.29, 0.717) is 5.75 Å². The van der Waals surface area contributed by atoms with Gasteiger partial charge in [-0.2, -0.15) is 0 Å². The summed E-state index contributed by atoms with van der Waals surface area (Å²) in [5, 5.41) is 8.37. The van der Waals surface area contributed by atoms with Crippen molar-refractivity contribution < 1.29 is 24.2 Å². The molecule has 0 aromatic carbocycles. The summed E-state index contributed by atoms with van der Waals surface area (Å²) in [6.07, 6.45) is 2.76. The molecule has 1 rings (SSSR count). The second-order valence-electron chi connectivity index (χ2n) is 3.72. The summed E-state index contributed by atoms with van der Waals surface area (Å²) < 4.78 is 7.13. The number of pyridine rings is 1. The molecule has 0 atom stereocenters. The third kappa shape index (κ3) is 7.37. The number of carbonyl (C=O) groups excluding carboxylic acids is 2. The van der Waals surface area contributed by atoms with Gasteiger partial charge in [0.2, 0.25) is 0 Å². The normalized spacial score (nSPS) is 9.80. The Kier molecular flexibility index (Phi) is 7.12. The summed E-state index contributed by atoms with van der Waals surface area (Å²) >= 11 is 1.17. The SMILES string of the molecule is O=C(O)CCC(=O)OCC(=O)NSCc1ccncc1. The van der Waals surface area contributed by atoms with Gasteiger partial charge in [-0.25, -0.2) is 0 Å². The zero-order chi connectivity index (χ0) is 14.8. The lowest BCUT2D eigenvalue weighted by Gasteiger charge is -2.05. The first kappa shape index (κ1) is 16.0. The fourth-order valence-corrected chi connectivity index (χ4v) is 1.79. The number of nitrogens with one attached hydrogen (secondary N) is 1. The van der Waals surface area contributed by atoms with Crippen molar-refractivity contribution in [3.8, 4) is 0 Å². The first-order valence-corrected chi connectivity index (χ1v) is 6.73. The van der Waals surface area contributed by atoms with Crippen molar-refractivity contribution in [3.05, 3.63) is 30.1 Å². The van der Waals surface area contributed by atoms with Gasteiger partial charge in [-0.05, 0) is 29.6 Å². The Labute approximate surface area is 119 Å². The molecule has 0 radical (unpaired) electrons. The summed E-state index contributed by atoms with van der Waals surface area (Å²) in [4.78, 5) is 36.5. The van der Waals surface area contributed by atoms with Crippen LogP contribution in [0.1, 0.15) is 18.4 Å². The topological polar surface area (TPSA) is 106 Å². The van der Waals surface area contributed by atoms with E-state index in [-0.39, 0.29) is 12.8 Å². The summed E-state index contributed by atoms with van der Waals surface area (Å²) in [7, 11) is 0. The molecular formula is C12H14N2O5S. The third-order valence-corrected chi connectivity index (χ3v) is 2.93. The maximum Gasteiger partial charge on any atom is 0.306 e. The predicted octanol–water partition coefficient (Wildman–Crippen LogP) is 0.754. The van der Waals surface area contributed by atoms with Crippen LogP contribution in [0.4, 0.5) is 0 Å². The van der Waals surface area contributed by atoms with Crippen LogP contribution in [0.3, 0.4) is 0 Å². The molecule has 0 aliphatic rings. The van der Waals surface area contributed by atoms with E-state index in [9.17, 15) is 14.4 Å². The zero-order valence-electron chi connectivity index (χ0n) is 10.6. The number of carboxylic acid groups (broad SMARTS) is 1. The largest absolute Gasteiger partial charge is 0.481 e. The van der Waals surface area contributed by atoms with Crippen LogP contribution in [-0.4, -0.2) is 34.5 Å². The highest BCUT2D eigenvalue weighted by molar-refractivity contribution is 7.97. The van der Waals surface area contributed by atoms with Gasteiger partial charge < -0.3 is 9.84 Å². The van der Waals surface area contributed by atoms with Crippen molar-refractivity contribution in [1.82, 2.24) is 9.71 Å². The number of amides is 1. The standard InChI is InChI=1S/C12H14N2O5S/c15-10(7-19-12(18)2-1-11(16)17)14-20-8-9-3-5-13-6-4-9/h3-6H,1-2,7-8H2,(H,14,15)(H,16,17). The number of ether oxygens (including phenoxy) is 1. The van der Waals surface area contributed by atoms with Gasteiger partial charge in [-0.15, -0.1) is 0 Å². The number of carboxylic acids is 1. The van der Waals surface area contributed by atoms with Crippen molar-refractivity contribution in [1.29, 1.82) is 0 Å². The summed E-state index contributed by atoms with van der Waals surface area (Å²) in [6.45, 7) is -0.415. The molecule has 0 saturated heterocycles. The fourth-order valence-electron chi connectivity index (χ4n) is 1.14. The first-order chi connectivity index (χ1) is 9.58. The Morgan fingerprint density at radius 1 is 1.25 bits per heavy atom. The Morgan fingerprint density at radius 2 is 1.95 bits per heavy atom. The molecular weight excluding hydrogens is 284 g/mol. The molecule has 0 fully saturated rings. The van der Waals surface area contributed by atoms with Crippen LogP contribution < -0.4 is 4.72 Å². The van der Waals surface area contributed by atoms with Crippen LogP contribution >= 0.6 is 11.9 Å². The molecule has 0 unspecified atom stereocenters. The fraction of sp³-hybridized carbons (Fsp3) is 0.333. The lowest BCUT2D eigenvalue weighted by Crippen LogP contribution is -2.23. The monoisotopic (exact) mass is 298 g/mol. The second kappa shape index (κ2) is 8.92. The van der Waals surface area contributed by atoms with E-state index in [2.05, 4.69) is 14.4 Å². The van der Waals surface area contributed by atoms with Gasteiger partial charge in [-0.3, -0.25) is 24.1 Å². The molecule has 1 amide bonds. The molecule has 2 N–H and O–H groups in total. The molecule has 0 spiro atoms. The molecule has 0 bridgehead atoms. The van der Waals surface area contributed by atoms with Gasteiger partial charge in [0.05, 0.1) is 12.8 Å². The Hall–Kier alpha value is -2.09. The van der Waals surface area contributed by atoms with Crippen molar-refractivity contribution in [2.75, 3.05) is 6.61 Å². The smallest absolute Gasteiger partial charge is 0.306 e. The van der Waals surface area contributed by atoms with E-state index in [4.69, 9.17) is 5.11 Å². The summed E-state index contributed by atoms with van der Waals surface area (Å²) in [6, 6.07) is 3.65. The number of hydrogen-bond acceptors (Lipinski definition) is 6. The quantitative estimate of drug-likeness (QED) is 0.539. The molecule has 1 heterocycles. The highest BCUT2D eigenvalue weighted by atomic mass is 32.2. The predicted molar refractivity (Wildman–Crippen MR) is 71.5 cm³/mol. The van der Waals surface area contributed by atoms with Crippen LogP contribution in [0.2, 0.25) is 0 Å². The van der Waals surface area contributed by atoms with E-state index in [1.165, 1.54) is 11.9 Å². The first-order valence-electron chi connectivity index (χ1n) is 5.75. The number of aromatic nitrogens is 1. The average Bonchev–Trinajstić information content (AvgIpc) is 2.44. The highest BCUT2D eigenvalue weighted by Crippen LogP contribution is 2.07.